The Balaban J connectivity index is 2.96. The molecule has 18 heavy (non-hydrogen) atoms. The van der Waals surface area contributed by atoms with E-state index in [-0.39, 0.29) is 11.6 Å². The van der Waals surface area contributed by atoms with Gasteiger partial charge in [-0.3, -0.25) is 4.79 Å². The lowest BCUT2D eigenvalue weighted by Crippen LogP contribution is -2.27. The summed E-state index contributed by atoms with van der Waals surface area (Å²) in [5.74, 6) is 0.144. The van der Waals surface area contributed by atoms with Crippen LogP contribution in [0.5, 0.6) is 0 Å². The molecule has 0 bridgehead atoms. The molecule has 100 valence electrons. The summed E-state index contributed by atoms with van der Waals surface area (Å²) in [6.45, 7) is 14.8. The van der Waals surface area contributed by atoms with Crippen LogP contribution in [0, 0.1) is 20.8 Å². The molecular formula is C15H25NOP+. The van der Waals surface area contributed by atoms with E-state index in [2.05, 4.69) is 44.4 Å². The van der Waals surface area contributed by atoms with E-state index >= 15 is 0 Å². The van der Waals surface area contributed by atoms with Crippen molar-refractivity contribution in [2.45, 2.75) is 33.4 Å². The minimum Gasteiger partial charge on any atom is -0.322 e. The zero-order valence-electron chi connectivity index (χ0n) is 12.6. The lowest BCUT2D eigenvalue weighted by atomic mass is 10.1. The predicted molar refractivity (Wildman–Crippen MR) is 83.4 cm³/mol. The van der Waals surface area contributed by atoms with Crippen LogP contribution in [0.1, 0.15) is 23.6 Å². The third kappa shape index (κ3) is 3.55. The van der Waals surface area contributed by atoms with Gasteiger partial charge in [0.15, 0.2) is 0 Å². The van der Waals surface area contributed by atoms with Crippen molar-refractivity contribution in [2.75, 3.05) is 25.3 Å². The van der Waals surface area contributed by atoms with Crippen molar-refractivity contribution in [2.24, 2.45) is 0 Å². The lowest BCUT2D eigenvalue weighted by molar-refractivity contribution is -0.115. The molecule has 1 aromatic rings. The predicted octanol–water partition coefficient (Wildman–Crippen LogP) is 3.85. The highest BCUT2D eigenvalue weighted by molar-refractivity contribution is 7.75. The Morgan fingerprint density at radius 3 is 1.94 bits per heavy atom. The maximum Gasteiger partial charge on any atom is 0.264 e. The molecule has 2 nitrogen and oxygen atoms in total. The molecule has 0 aliphatic heterocycles. The number of hydrogen-bond donors (Lipinski definition) is 1. The van der Waals surface area contributed by atoms with Gasteiger partial charge in [0.1, 0.15) is 5.66 Å². The zero-order valence-corrected chi connectivity index (χ0v) is 13.5. The summed E-state index contributed by atoms with van der Waals surface area (Å²) in [6.07, 6.45) is 0. The van der Waals surface area contributed by atoms with E-state index in [9.17, 15) is 4.79 Å². The molecule has 0 aliphatic carbocycles. The minimum atomic E-state index is -1.15. The monoisotopic (exact) mass is 266 g/mol. The molecule has 1 N–H and O–H groups in total. The minimum absolute atomic E-state index is 0.0950. The summed E-state index contributed by atoms with van der Waals surface area (Å²) in [4.78, 5) is 12.3. The summed E-state index contributed by atoms with van der Waals surface area (Å²) in [5.41, 5.74) is 4.59. The largest absolute Gasteiger partial charge is 0.322 e. The second-order valence-corrected chi connectivity index (χ2v) is 11.1. The van der Waals surface area contributed by atoms with Crippen molar-refractivity contribution in [1.82, 2.24) is 0 Å². The molecular weight excluding hydrogens is 241 g/mol. The summed E-state index contributed by atoms with van der Waals surface area (Å²) in [6, 6.07) is 4.22. The summed E-state index contributed by atoms with van der Waals surface area (Å²) in [5, 5.41) is 3.10. The van der Waals surface area contributed by atoms with Crippen LogP contribution in [0.3, 0.4) is 0 Å². The van der Waals surface area contributed by atoms with Crippen LogP contribution < -0.4 is 5.32 Å². The highest BCUT2D eigenvalue weighted by atomic mass is 31.2. The van der Waals surface area contributed by atoms with Crippen molar-refractivity contribution in [3.63, 3.8) is 0 Å². The number of carbonyl (C=O) groups excluding carboxylic acids is 1. The fraction of sp³-hybridized carbons (Fsp3) is 0.533. The van der Waals surface area contributed by atoms with Gasteiger partial charge in [-0.15, -0.1) is 0 Å². The van der Waals surface area contributed by atoms with Crippen LogP contribution in [0.4, 0.5) is 5.69 Å². The Morgan fingerprint density at radius 2 is 1.56 bits per heavy atom. The summed E-state index contributed by atoms with van der Waals surface area (Å²) in [7, 11) is -1.15. The Bertz CT molecular complexity index is 437. The van der Waals surface area contributed by atoms with Gasteiger partial charge < -0.3 is 5.32 Å². The average Bonchev–Trinajstić information content (AvgIpc) is 2.20. The number of carbonyl (C=O) groups is 1. The molecule has 1 aromatic carbocycles. The molecule has 1 rings (SSSR count). The van der Waals surface area contributed by atoms with E-state index in [0.29, 0.717) is 0 Å². The molecule has 0 heterocycles. The molecule has 0 saturated carbocycles. The molecule has 0 fully saturated rings. The first-order valence-electron chi connectivity index (χ1n) is 6.32. The highest BCUT2D eigenvalue weighted by Crippen LogP contribution is 2.52. The van der Waals surface area contributed by atoms with Crippen molar-refractivity contribution in [3.05, 3.63) is 28.8 Å². The Hall–Kier alpha value is -0.880. The smallest absolute Gasteiger partial charge is 0.264 e. The standard InChI is InChI=1S/C15H24NOP/c1-10-8-11(2)14(12(3)9-10)16-15(17)13(4)18(5,6)7/h8-9,13H,1-7H3/p+1. The second-order valence-electron chi connectivity index (χ2n) is 6.06. The van der Waals surface area contributed by atoms with Gasteiger partial charge in [-0.2, -0.15) is 0 Å². The molecule has 0 aliphatic rings. The van der Waals surface area contributed by atoms with Gasteiger partial charge in [-0.1, -0.05) is 17.7 Å². The molecule has 0 aromatic heterocycles. The summed E-state index contributed by atoms with van der Waals surface area (Å²) < 4.78 is 0. The van der Waals surface area contributed by atoms with Gasteiger partial charge in [-0.25, -0.2) is 0 Å². The van der Waals surface area contributed by atoms with E-state index in [4.69, 9.17) is 0 Å². The zero-order chi connectivity index (χ0) is 14.1. The first kappa shape index (κ1) is 15.2. The lowest BCUT2D eigenvalue weighted by Gasteiger charge is -2.21. The number of nitrogens with one attached hydrogen (secondary N) is 1. The molecule has 1 atom stereocenters. The SMILES string of the molecule is Cc1cc(C)c(NC(=O)C(C)[P+](C)(C)C)c(C)c1. The van der Waals surface area contributed by atoms with Crippen molar-refractivity contribution >= 4 is 18.9 Å². The van der Waals surface area contributed by atoms with Crippen LogP contribution in [0.2, 0.25) is 0 Å². The number of amides is 1. The Kier molecular flexibility index (Phi) is 4.55. The summed E-state index contributed by atoms with van der Waals surface area (Å²) >= 11 is 0. The fourth-order valence-corrected chi connectivity index (χ4v) is 2.72. The highest BCUT2D eigenvalue weighted by Gasteiger charge is 2.33. The van der Waals surface area contributed by atoms with Gasteiger partial charge in [-0.05, 0) is 38.8 Å². The normalized spacial score (nSPS) is 13.3. The van der Waals surface area contributed by atoms with Gasteiger partial charge in [0.2, 0.25) is 0 Å². The maximum absolute atomic E-state index is 12.3. The van der Waals surface area contributed by atoms with Crippen LogP contribution in [-0.4, -0.2) is 31.6 Å². The average molecular weight is 266 g/mol. The number of rotatable bonds is 3. The Morgan fingerprint density at radius 1 is 1.11 bits per heavy atom. The fourth-order valence-electron chi connectivity index (χ4n) is 1.96. The first-order valence-corrected chi connectivity index (χ1v) is 9.52. The number of aryl methyl sites for hydroxylation is 3. The van der Waals surface area contributed by atoms with E-state index in [0.717, 1.165) is 16.8 Å². The topological polar surface area (TPSA) is 29.1 Å². The Labute approximate surface area is 112 Å². The van der Waals surface area contributed by atoms with Gasteiger partial charge in [0.25, 0.3) is 5.91 Å². The molecule has 1 amide bonds. The molecule has 0 radical (unpaired) electrons. The maximum atomic E-state index is 12.3. The molecule has 0 saturated heterocycles. The molecule has 0 spiro atoms. The molecule has 3 heteroatoms. The van der Waals surface area contributed by atoms with Crippen LogP contribution >= 0.6 is 7.26 Å². The number of hydrogen-bond acceptors (Lipinski definition) is 1. The third-order valence-corrected chi connectivity index (χ3v) is 6.02. The van der Waals surface area contributed by atoms with E-state index < -0.39 is 7.26 Å². The van der Waals surface area contributed by atoms with Gasteiger partial charge in [0.05, 0.1) is 0 Å². The van der Waals surface area contributed by atoms with Crippen molar-refractivity contribution in [1.29, 1.82) is 0 Å². The van der Waals surface area contributed by atoms with Crippen LogP contribution in [0.25, 0.3) is 0 Å². The quantitative estimate of drug-likeness (QED) is 0.827. The second kappa shape index (κ2) is 5.40. The van der Waals surface area contributed by atoms with E-state index in [1.54, 1.807) is 0 Å². The van der Waals surface area contributed by atoms with Crippen LogP contribution in [-0.2, 0) is 4.79 Å². The van der Waals surface area contributed by atoms with E-state index in [1.165, 1.54) is 5.56 Å². The first-order chi connectivity index (χ1) is 8.12. The molecule has 1 unspecified atom stereocenters. The number of benzene rings is 1. The van der Waals surface area contributed by atoms with Crippen LogP contribution in [0.15, 0.2) is 12.1 Å². The third-order valence-electron chi connectivity index (χ3n) is 3.47. The van der Waals surface area contributed by atoms with Crippen molar-refractivity contribution < 1.29 is 4.79 Å². The van der Waals surface area contributed by atoms with Gasteiger partial charge >= 0.3 is 0 Å². The van der Waals surface area contributed by atoms with Crippen molar-refractivity contribution in [3.8, 4) is 0 Å². The van der Waals surface area contributed by atoms with Gasteiger partial charge in [0, 0.05) is 32.9 Å². The van der Waals surface area contributed by atoms with E-state index in [1.807, 2.05) is 20.8 Å². The number of anilines is 1.